The zero-order valence-corrected chi connectivity index (χ0v) is 9.97. The Morgan fingerprint density at radius 2 is 1.92 bits per heavy atom. The summed E-state index contributed by atoms with van der Waals surface area (Å²) in [6, 6.07) is 0. The number of aliphatic hydroxyl groups excluding tert-OH is 1. The van der Waals surface area contributed by atoms with Crippen LogP contribution in [-0.4, -0.2) is 48.2 Å². The predicted molar refractivity (Wildman–Crippen MR) is 56.6 cm³/mol. The number of rotatable bonds is 6. The van der Waals surface area contributed by atoms with Crippen LogP contribution in [0, 0.1) is 0 Å². The van der Waals surface area contributed by atoms with Gasteiger partial charge in [-0.1, -0.05) is 22.9 Å². The van der Waals surface area contributed by atoms with E-state index < -0.39 is 0 Å². The molecule has 0 aliphatic carbocycles. The summed E-state index contributed by atoms with van der Waals surface area (Å²) in [6.45, 7) is 4.72. The molecule has 1 unspecified atom stereocenters. The van der Waals surface area contributed by atoms with Crippen LogP contribution in [0.2, 0.25) is 0 Å². The van der Waals surface area contributed by atoms with Crippen molar-refractivity contribution in [2.24, 2.45) is 0 Å². The maximum atomic E-state index is 8.69. The number of nitrogens with zero attached hydrogens (tertiary/aromatic N) is 1. The average Bonchev–Trinajstić information content (AvgIpc) is 1.98. The van der Waals surface area contributed by atoms with Crippen LogP contribution in [0.3, 0.4) is 0 Å². The summed E-state index contributed by atoms with van der Waals surface area (Å²) in [5.74, 6) is 0. The van der Waals surface area contributed by atoms with Gasteiger partial charge in [0.1, 0.15) is 0 Å². The van der Waals surface area contributed by atoms with Crippen molar-refractivity contribution in [3.05, 3.63) is 0 Å². The molecule has 12 heavy (non-hydrogen) atoms. The molecule has 1 N–H and O–H groups in total. The van der Waals surface area contributed by atoms with Crippen LogP contribution in [0.4, 0.5) is 0 Å². The molecule has 0 fully saturated rings. The standard InChI is InChI=1S/C9H21BrNO/c1-9(10)5-7-11(2,3)6-4-8-12/h9,12H,4-8H2,1-3H3/q+1. The average molecular weight is 239 g/mol. The van der Waals surface area contributed by atoms with E-state index in [4.69, 9.17) is 5.11 Å². The molecule has 0 saturated carbocycles. The lowest BCUT2D eigenvalue weighted by Gasteiger charge is -2.30. The van der Waals surface area contributed by atoms with Gasteiger partial charge in [0.15, 0.2) is 0 Å². The maximum Gasteiger partial charge on any atom is 0.0804 e. The van der Waals surface area contributed by atoms with E-state index in [1.165, 1.54) is 13.0 Å². The summed E-state index contributed by atoms with van der Waals surface area (Å²) in [5, 5.41) is 8.69. The van der Waals surface area contributed by atoms with Crippen LogP contribution in [0.25, 0.3) is 0 Å². The van der Waals surface area contributed by atoms with Gasteiger partial charge in [-0.3, -0.25) is 0 Å². The summed E-state index contributed by atoms with van der Waals surface area (Å²) >= 11 is 3.54. The number of quaternary nitrogens is 1. The van der Waals surface area contributed by atoms with E-state index in [1.54, 1.807) is 0 Å². The topological polar surface area (TPSA) is 20.2 Å². The zero-order valence-electron chi connectivity index (χ0n) is 8.39. The van der Waals surface area contributed by atoms with E-state index >= 15 is 0 Å². The number of alkyl halides is 1. The van der Waals surface area contributed by atoms with Crippen LogP contribution < -0.4 is 0 Å². The number of aliphatic hydroxyl groups is 1. The predicted octanol–water partition coefficient (Wildman–Crippen LogP) is 1.62. The first-order chi connectivity index (χ1) is 5.48. The van der Waals surface area contributed by atoms with Crippen LogP contribution in [0.15, 0.2) is 0 Å². The van der Waals surface area contributed by atoms with Gasteiger partial charge in [0, 0.05) is 24.3 Å². The first-order valence-corrected chi connectivity index (χ1v) is 5.46. The number of hydrogen-bond acceptors (Lipinski definition) is 1. The number of halogens is 1. The monoisotopic (exact) mass is 238 g/mol. The molecule has 2 nitrogen and oxygen atoms in total. The Balaban J connectivity index is 3.56. The third kappa shape index (κ3) is 7.07. The van der Waals surface area contributed by atoms with Gasteiger partial charge in [0.2, 0.25) is 0 Å². The highest BCUT2D eigenvalue weighted by Gasteiger charge is 2.14. The van der Waals surface area contributed by atoms with Crippen LogP contribution in [-0.2, 0) is 0 Å². The molecule has 0 heterocycles. The minimum absolute atomic E-state index is 0.311. The largest absolute Gasteiger partial charge is 0.396 e. The number of hydrogen-bond donors (Lipinski definition) is 1. The Labute approximate surface area is 84.3 Å². The van der Waals surface area contributed by atoms with Crippen molar-refractivity contribution in [3.8, 4) is 0 Å². The van der Waals surface area contributed by atoms with Gasteiger partial charge >= 0.3 is 0 Å². The van der Waals surface area contributed by atoms with E-state index in [2.05, 4.69) is 36.9 Å². The fraction of sp³-hybridized carbons (Fsp3) is 1.00. The smallest absolute Gasteiger partial charge is 0.0804 e. The SMILES string of the molecule is CC(Br)CC[N+](C)(C)CCCO. The van der Waals surface area contributed by atoms with Crippen molar-refractivity contribution in [3.63, 3.8) is 0 Å². The third-order valence-corrected chi connectivity index (χ3v) is 2.51. The molecule has 0 aliphatic heterocycles. The van der Waals surface area contributed by atoms with E-state index in [9.17, 15) is 0 Å². The van der Waals surface area contributed by atoms with E-state index in [0.717, 1.165) is 17.4 Å². The third-order valence-electron chi connectivity index (χ3n) is 2.05. The minimum Gasteiger partial charge on any atom is -0.396 e. The normalized spacial score (nSPS) is 14.8. The van der Waals surface area contributed by atoms with Gasteiger partial charge in [0.05, 0.1) is 27.2 Å². The van der Waals surface area contributed by atoms with Gasteiger partial charge < -0.3 is 9.59 Å². The van der Waals surface area contributed by atoms with E-state index in [0.29, 0.717) is 11.4 Å². The Morgan fingerprint density at radius 1 is 1.33 bits per heavy atom. The Hall–Kier alpha value is 0.400. The van der Waals surface area contributed by atoms with Crippen LogP contribution >= 0.6 is 15.9 Å². The van der Waals surface area contributed by atoms with Crippen LogP contribution in [0.5, 0.6) is 0 Å². The molecular formula is C9H21BrNO+. The molecule has 0 aromatic carbocycles. The second-order valence-corrected chi connectivity index (χ2v) is 5.59. The molecule has 0 aromatic heterocycles. The minimum atomic E-state index is 0.311. The molecule has 1 atom stereocenters. The second kappa shape index (κ2) is 5.95. The fourth-order valence-corrected chi connectivity index (χ4v) is 1.34. The van der Waals surface area contributed by atoms with Crippen molar-refractivity contribution in [2.45, 2.75) is 24.6 Å². The molecule has 0 radical (unpaired) electrons. The Morgan fingerprint density at radius 3 is 2.33 bits per heavy atom. The molecule has 0 amide bonds. The molecule has 3 heteroatoms. The molecule has 0 rings (SSSR count). The summed E-state index contributed by atoms with van der Waals surface area (Å²) < 4.78 is 1.01. The summed E-state index contributed by atoms with van der Waals surface area (Å²) in [4.78, 5) is 0.601. The first kappa shape index (κ1) is 12.4. The highest BCUT2D eigenvalue weighted by atomic mass is 79.9. The molecule has 0 spiro atoms. The molecular weight excluding hydrogens is 218 g/mol. The second-order valence-electron chi connectivity index (χ2n) is 4.03. The Bertz CT molecular complexity index is 115. The summed E-state index contributed by atoms with van der Waals surface area (Å²) in [6.07, 6.45) is 2.10. The van der Waals surface area contributed by atoms with Gasteiger partial charge in [-0.05, 0) is 0 Å². The molecule has 0 aromatic rings. The van der Waals surface area contributed by atoms with Gasteiger partial charge in [0.25, 0.3) is 0 Å². The molecule has 0 aliphatic rings. The van der Waals surface area contributed by atoms with Crippen LogP contribution in [0.1, 0.15) is 19.8 Å². The molecule has 0 saturated heterocycles. The van der Waals surface area contributed by atoms with E-state index in [1.807, 2.05) is 0 Å². The van der Waals surface area contributed by atoms with Gasteiger partial charge in [-0.15, -0.1) is 0 Å². The van der Waals surface area contributed by atoms with Crippen molar-refractivity contribution in [1.29, 1.82) is 0 Å². The highest BCUT2D eigenvalue weighted by Crippen LogP contribution is 2.08. The molecule has 74 valence electrons. The quantitative estimate of drug-likeness (QED) is 0.551. The van der Waals surface area contributed by atoms with E-state index in [-0.39, 0.29) is 0 Å². The van der Waals surface area contributed by atoms with Crippen molar-refractivity contribution in [1.82, 2.24) is 0 Å². The van der Waals surface area contributed by atoms with Crippen molar-refractivity contribution >= 4 is 15.9 Å². The summed E-state index contributed by atoms with van der Waals surface area (Å²) in [7, 11) is 4.43. The fourth-order valence-electron chi connectivity index (χ4n) is 1.14. The van der Waals surface area contributed by atoms with Gasteiger partial charge in [-0.25, -0.2) is 0 Å². The maximum absolute atomic E-state index is 8.69. The van der Waals surface area contributed by atoms with Gasteiger partial charge in [-0.2, -0.15) is 0 Å². The summed E-state index contributed by atoms with van der Waals surface area (Å²) in [5.41, 5.74) is 0. The molecule has 0 bridgehead atoms. The van der Waals surface area contributed by atoms with Crippen molar-refractivity contribution in [2.75, 3.05) is 33.8 Å². The lowest BCUT2D eigenvalue weighted by atomic mass is 10.2. The lowest BCUT2D eigenvalue weighted by Crippen LogP contribution is -2.42. The Kier molecular flexibility index (Phi) is 6.14. The first-order valence-electron chi connectivity index (χ1n) is 4.55. The zero-order chi connectivity index (χ0) is 9.61. The lowest BCUT2D eigenvalue weighted by molar-refractivity contribution is -0.890. The highest BCUT2D eigenvalue weighted by molar-refractivity contribution is 9.09. The van der Waals surface area contributed by atoms with Crippen molar-refractivity contribution < 1.29 is 9.59 Å².